The minimum Gasteiger partial charge on any atom is -0.493 e. The fourth-order valence-corrected chi connectivity index (χ4v) is 6.61. The lowest BCUT2D eigenvalue weighted by molar-refractivity contribution is -0.117. The zero-order valence-corrected chi connectivity index (χ0v) is 23.0. The molecule has 2 aliphatic carbocycles. The number of Topliss-reactive ketones (excluding diaryl/α,β-unsaturated/α-hetero) is 2. The molecule has 1 heterocycles. The molecule has 0 amide bonds. The summed E-state index contributed by atoms with van der Waals surface area (Å²) in [5.41, 5.74) is 8.04. The zero-order valence-electron chi connectivity index (χ0n) is 21.4. The van der Waals surface area contributed by atoms with Gasteiger partial charge in [0.2, 0.25) is 0 Å². The van der Waals surface area contributed by atoms with Crippen LogP contribution in [0.4, 0.5) is 0 Å². The predicted molar refractivity (Wildman–Crippen MR) is 143 cm³/mol. The van der Waals surface area contributed by atoms with Gasteiger partial charge < -0.3 is 14.4 Å². The summed E-state index contributed by atoms with van der Waals surface area (Å²) in [6.45, 7) is 4.56. The van der Waals surface area contributed by atoms with Crippen molar-refractivity contribution in [1.29, 1.82) is 0 Å². The molecule has 2 aromatic rings. The van der Waals surface area contributed by atoms with Gasteiger partial charge in [-0.05, 0) is 78.7 Å². The molecule has 2 aromatic carbocycles. The van der Waals surface area contributed by atoms with Crippen molar-refractivity contribution in [2.24, 2.45) is 0 Å². The average molecular weight is 550 g/mol. The molecule has 0 bridgehead atoms. The van der Waals surface area contributed by atoms with Gasteiger partial charge in [0.25, 0.3) is 0 Å². The number of hydrogen-bond acceptors (Lipinski definition) is 5. The number of ketones is 2. The van der Waals surface area contributed by atoms with Crippen molar-refractivity contribution < 1.29 is 19.1 Å². The summed E-state index contributed by atoms with van der Waals surface area (Å²) < 4.78 is 12.8. The number of hydrogen-bond donors (Lipinski definition) is 0. The van der Waals surface area contributed by atoms with Crippen LogP contribution in [0.25, 0.3) is 0 Å². The topological polar surface area (TPSA) is 55.8 Å². The van der Waals surface area contributed by atoms with Crippen molar-refractivity contribution in [3.05, 3.63) is 79.6 Å². The first kappa shape index (κ1) is 24.8. The van der Waals surface area contributed by atoms with Crippen molar-refractivity contribution in [2.75, 3.05) is 14.2 Å². The molecule has 0 unspecified atom stereocenters. The first-order valence-electron chi connectivity index (χ1n) is 12.6. The van der Waals surface area contributed by atoms with Crippen molar-refractivity contribution in [3.8, 4) is 11.5 Å². The Kier molecular flexibility index (Phi) is 6.82. The van der Waals surface area contributed by atoms with Crippen LogP contribution in [0, 0.1) is 13.8 Å². The number of rotatable bonds is 5. The average Bonchev–Trinajstić information content (AvgIpc) is 2.83. The molecule has 0 spiro atoms. The lowest BCUT2D eigenvalue weighted by atomic mass is 9.71. The number of nitrogens with zero attached hydrogens (tertiary/aromatic N) is 1. The van der Waals surface area contributed by atoms with E-state index in [1.165, 1.54) is 11.1 Å². The Labute approximate surface area is 221 Å². The molecule has 6 heteroatoms. The SMILES string of the molecule is COc1cc(C2C3=C(CCCC3=O)N(C)C3=C2C(=O)CCC3)cc(Br)c1OCc1cc(C)cc(C)c1. The Balaban J connectivity index is 1.57. The van der Waals surface area contributed by atoms with E-state index in [0.29, 0.717) is 30.9 Å². The lowest BCUT2D eigenvalue weighted by Gasteiger charge is -2.42. The second-order valence-electron chi connectivity index (χ2n) is 10.1. The number of benzene rings is 2. The molecule has 3 aliphatic rings. The van der Waals surface area contributed by atoms with Gasteiger partial charge >= 0.3 is 0 Å². The Morgan fingerprint density at radius 3 is 2.03 bits per heavy atom. The maximum atomic E-state index is 13.3. The van der Waals surface area contributed by atoms with E-state index in [4.69, 9.17) is 9.47 Å². The van der Waals surface area contributed by atoms with Crippen LogP contribution in [0.5, 0.6) is 11.5 Å². The normalized spacial score (nSPS) is 18.4. The molecule has 0 fully saturated rings. The minimum atomic E-state index is -0.370. The predicted octanol–water partition coefficient (Wildman–Crippen LogP) is 6.70. The van der Waals surface area contributed by atoms with Crippen molar-refractivity contribution in [3.63, 3.8) is 0 Å². The zero-order chi connectivity index (χ0) is 25.6. The third-order valence-corrected chi connectivity index (χ3v) is 8.08. The highest BCUT2D eigenvalue weighted by Gasteiger charge is 2.42. The van der Waals surface area contributed by atoms with Gasteiger partial charge in [0, 0.05) is 48.3 Å². The molecular weight excluding hydrogens is 518 g/mol. The van der Waals surface area contributed by atoms with E-state index in [2.05, 4.69) is 52.9 Å². The number of carbonyl (C=O) groups excluding carboxylic acids is 2. The highest BCUT2D eigenvalue weighted by Crippen LogP contribution is 2.50. The van der Waals surface area contributed by atoms with E-state index in [9.17, 15) is 9.59 Å². The quantitative estimate of drug-likeness (QED) is 0.415. The van der Waals surface area contributed by atoms with Crippen LogP contribution in [-0.2, 0) is 16.2 Å². The molecule has 0 radical (unpaired) electrons. The fraction of sp³-hybridized carbons (Fsp3) is 0.400. The largest absolute Gasteiger partial charge is 0.493 e. The Morgan fingerprint density at radius 1 is 0.889 bits per heavy atom. The molecule has 0 saturated carbocycles. The third kappa shape index (κ3) is 4.40. The van der Waals surface area contributed by atoms with Crippen molar-refractivity contribution >= 4 is 27.5 Å². The number of aryl methyl sites for hydroxylation is 2. The van der Waals surface area contributed by atoms with Crippen molar-refractivity contribution in [1.82, 2.24) is 4.90 Å². The molecule has 5 rings (SSSR count). The van der Waals surface area contributed by atoms with E-state index in [-0.39, 0.29) is 17.5 Å². The maximum absolute atomic E-state index is 13.3. The first-order chi connectivity index (χ1) is 17.3. The van der Waals surface area contributed by atoms with Crippen LogP contribution < -0.4 is 9.47 Å². The molecule has 0 atom stereocenters. The second-order valence-corrected chi connectivity index (χ2v) is 10.9. The van der Waals surface area contributed by atoms with Gasteiger partial charge in [-0.1, -0.05) is 29.3 Å². The molecule has 0 saturated heterocycles. The molecule has 36 heavy (non-hydrogen) atoms. The summed E-state index contributed by atoms with van der Waals surface area (Å²) >= 11 is 3.71. The Morgan fingerprint density at radius 2 is 1.47 bits per heavy atom. The first-order valence-corrected chi connectivity index (χ1v) is 13.4. The summed E-state index contributed by atoms with van der Waals surface area (Å²) in [5.74, 6) is 1.11. The van der Waals surface area contributed by atoms with Gasteiger partial charge in [0.15, 0.2) is 23.1 Å². The van der Waals surface area contributed by atoms with Crippen LogP contribution in [0.2, 0.25) is 0 Å². The third-order valence-electron chi connectivity index (χ3n) is 7.49. The molecule has 5 nitrogen and oxygen atoms in total. The van der Waals surface area contributed by atoms with Gasteiger partial charge in [-0.3, -0.25) is 9.59 Å². The van der Waals surface area contributed by atoms with Gasteiger partial charge in [-0.25, -0.2) is 0 Å². The molecular formula is C30H32BrNO4. The maximum Gasteiger partial charge on any atom is 0.175 e. The summed E-state index contributed by atoms with van der Waals surface area (Å²) in [6, 6.07) is 10.3. The smallest absolute Gasteiger partial charge is 0.175 e. The second kappa shape index (κ2) is 9.89. The lowest BCUT2D eigenvalue weighted by Crippen LogP contribution is -2.37. The number of carbonyl (C=O) groups is 2. The molecule has 0 aromatic heterocycles. The molecule has 0 N–H and O–H groups in total. The highest BCUT2D eigenvalue weighted by atomic mass is 79.9. The number of ether oxygens (including phenoxy) is 2. The fourth-order valence-electron chi connectivity index (χ4n) is 6.04. The highest BCUT2D eigenvalue weighted by molar-refractivity contribution is 9.10. The van der Waals surface area contributed by atoms with Gasteiger partial charge in [-0.15, -0.1) is 0 Å². The number of methoxy groups -OCH3 is 1. The van der Waals surface area contributed by atoms with E-state index >= 15 is 0 Å². The molecule has 1 aliphatic heterocycles. The Hall–Kier alpha value is -2.86. The van der Waals surface area contributed by atoms with Crippen LogP contribution in [0.1, 0.15) is 66.7 Å². The monoisotopic (exact) mass is 549 g/mol. The number of allylic oxidation sites excluding steroid dienone is 4. The van der Waals surface area contributed by atoms with Crippen LogP contribution in [0.15, 0.2) is 57.3 Å². The van der Waals surface area contributed by atoms with Gasteiger partial charge in [-0.2, -0.15) is 0 Å². The van der Waals surface area contributed by atoms with E-state index in [1.54, 1.807) is 7.11 Å². The summed E-state index contributed by atoms with van der Waals surface area (Å²) in [6.07, 6.45) is 4.46. The number of halogens is 1. The summed E-state index contributed by atoms with van der Waals surface area (Å²) in [4.78, 5) is 28.7. The summed E-state index contributed by atoms with van der Waals surface area (Å²) in [5, 5.41) is 0. The minimum absolute atomic E-state index is 0.142. The Bertz CT molecular complexity index is 1260. The van der Waals surface area contributed by atoms with Gasteiger partial charge in [0.05, 0.1) is 11.6 Å². The van der Waals surface area contributed by atoms with E-state index in [1.807, 2.05) is 19.2 Å². The standard InChI is InChI=1S/C30H32BrNO4/c1-17-11-18(2)13-19(12-17)16-36-30-21(31)14-20(15-26(30)35-4)27-28-22(7-5-9-24(28)33)32(3)23-8-6-10-25(34)29(23)27/h11-15,27H,5-10,16H2,1-4H3. The van der Waals surface area contributed by atoms with Gasteiger partial charge in [0.1, 0.15) is 6.61 Å². The van der Waals surface area contributed by atoms with E-state index in [0.717, 1.165) is 63.8 Å². The molecule has 188 valence electrons. The van der Waals surface area contributed by atoms with Crippen LogP contribution in [0.3, 0.4) is 0 Å². The summed E-state index contributed by atoms with van der Waals surface area (Å²) in [7, 11) is 3.63. The van der Waals surface area contributed by atoms with Crippen LogP contribution in [-0.4, -0.2) is 30.6 Å². The van der Waals surface area contributed by atoms with Crippen molar-refractivity contribution in [2.45, 2.75) is 64.9 Å². The van der Waals surface area contributed by atoms with E-state index < -0.39 is 0 Å². The van der Waals surface area contributed by atoms with Crippen LogP contribution >= 0.6 is 15.9 Å².